The molecule has 0 aliphatic heterocycles. The van der Waals surface area contributed by atoms with E-state index >= 15 is 0 Å². The minimum absolute atomic E-state index is 0. The number of hydrogen-bond donors (Lipinski definition) is 1. The van der Waals surface area contributed by atoms with Crippen molar-refractivity contribution < 1.29 is 32.4 Å². The van der Waals surface area contributed by atoms with Gasteiger partial charge in [0.1, 0.15) is 6.61 Å². The van der Waals surface area contributed by atoms with Gasteiger partial charge in [-0.25, -0.2) is 4.79 Å². The maximum absolute atomic E-state index is 11.3. The average molecular weight is 288 g/mol. The Labute approximate surface area is 120 Å². The molecule has 4 nitrogen and oxygen atoms in total. The Hall–Kier alpha value is -1.10. The minimum Gasteiger partial charge on any atom is -1.00 e. The van der Waals surface area contributed by atoms with Crippen LogP contribution >= 0.6 is 0 Å². The zero-order chi connectivity index (χ0) is 13.1. The van der Waals surface area contributed by atoms with Crippen LogP contribution in [0.25, 0.3) is 0 Å². The second kappa shape index (κ2) is 12.0. The molecule has 3 N–H and O–H groups in total. The van der Waals surface area contributed by atoms with Gasteiger partial charge in [0.05, 0.1) is 19.8 Å². The molecule has 1 aromatic rings. The summed E-state index contributed by atoms with van der Waals surface area (Å²) in [5.41, 5.74) is 4.82. The summed E-state index contributed by atoms with van der Waals surface area (Å²) in [6.45, 7) is 1.88. The van der Waals surface area contributed by atoms with Crippen LogP contribution in [-0.4, -0.2) is 25.7 Å². The first kappa shape index (κ1) is 17.9. The van der Waals surface area contributed by atoms with Crippen LogP contribution in [0.5, 0.6) is 0 Å². The third kappa shape index (κ3) is 9.47. The highest BCUT2D eigenvalue weighted by atomic mass is 35.5. The lowest BCUT2D eigenvalue weighted by Crippen LogP contribution is -3.00. The van der Waals surface area contributed by atoms with Crippen molar-refractivity contribution in [2.24, 2.45) is 0 Å². The largest absolute Gasteiger partial charge is 1.00 e. The van der Waals surface area contributed by atoms with Gasteiger partial charge in [-0.05, 0) is 24.8 Å². The molecule has 0 aliphatic rings. The molecular weight excluding hydrogens is 266 g/mol. The normalized spacial score (nSPS) is 9.74. The molecule has 0 atom stereocenters. The zero-order valence-corrected chi connectivity index (χ0v) is 11.9. The van der Waals surface area contributed by atoms with Crippen LogP contribution in [0.15, 0.2) is 30.3 Å². The monoisotopic (exact) mass is 287 g/mol. The fourth-order valence-electron chi connectivity index (χ4n) is 1.51. The Morgan fingerprint density at radius 2 is 1.84 bits per heavy atom. The van der Waals surface area contributed by atoms with Crippen LogP contribution in [-0.2, 0) is 20.9 Å². The van der Waals surface area contributed by atoms with Crippen molar-refractivity contribution in [1.82, 2.24) is 0 Å². The molecule has 0 unspecified atom stereocenters. The van der Waals surface area contributed by atoms with Crippen molar-refractivity contribution in [1.29, 1.82) is 0 Å². The first-order valence-electron chi connectivity index (χ1n) is 6.39. The number of unbranched alkanes of at least 4 members (excludes halogenated alkanes) is 2. The van der Waals surface area contributed by atoms with E-state index in [2.05, 4.69) is 5.73 Å². The molecule has 1 aromatic carbocycles. The van der Waals surface area contributed by atoms with Crippen LogP contribution in [0.3, 0.4) is 0 Å². The van der Waals surface area contributed by atoms with Crippen molar-refractivity contribution >= 4 is 5.97 Å². The fraction of sp³-hybridized carbons (Fsp3) is 0.500. The third-order valence-electron chi connectivity index (χ3n) is 2.49. The minimum atomic E-state index is -0.291. The SMILES string of the molecule is [Cl-].[NH3+]CCCCCOC(=O)COCc1ccccc1. The van der Waals surface area contributed by atoms with Gasteiger partial charge in [0.15, 0.2) is 0 Å². The summed E-state index contributed by atoms with van der Waals surface area (Å²) < 4.78 is 10.3. The van der Waals surface area contributed by atoms with Crippen LogP contribution in [0, 0.1) is 0 Å². The lowest BCUT2D eigenvalue weighted by molar-refractivity contribution is -0.368. The van der Waals surface area contributed by atoms with Gasteiger partial charge in [0, 0.05) is 0 Å². The van der Waals surface area contributed by atoms with E-state index in [0.29, 0.717) is 13.2 Å². The Bertz CT molecular complexity index is 333. The van der Waals surface area contributed by atoms with Gasteiger partial charge in [0.2, 0.25) is 0 Å². The van der Waals surface area contributed by atoms with E-state index in [1.54, 1.807) is 0 Å². The number of ether oxygens (including phenoxy) is 2. The molecule has 0 bridgehead atoms. The Balaban J connectivity index is 0.00000324. The highest BCUT2D eigenvalue weighted by Gasteiger charge is 2.02. The third-order valence-corrected chi connectivity index (χ3v) is 2.49. The van der Waals surface area contributed by atoms with E-state index in [9.17, 15) is 4.79 Å². The van der Waals surface area contributed by atoms with E-state index in [-0.39, 0.29) is 25.0 Å². The van der Waals surface area contributed by atoms with Gasteiger partial charge in [-0.3, -0.25) is 0 Å². The number of rotatable bonds is 9. The molecule has 0 aromatic heterocycles. The maximum atomic E-state index is 11.3. The molecule has 0 radical (unpaired) electrons. The molecular formula is C14H22ClNO3. The molecule has 5 heteroatoms. The highest BCUT2D eigenvalue weighted by molar-refractivity contribution is 5.70. The van der Waals surface area contributed by atoms with Crippen LogP contribution in [0.1, 0.15) is 24.8 Å². The number of esters is 1. The number of carbonyl (C=O) groups excluding carboxylic acids is 1. The average Bonchev–Trinajstić information content (AvgIpc) is 2.40. The Morgan fingerprint density at radius 3 is 2.53 bits per heavy atom. The van der Waals surface area contributed by atoms with Gasteiger partial charge in [0.25, 0.3) is 0 Å². The number of halogens is 1. The zero-order valence-electron chi connectivity index (χ0n) is 11.1. The molecule has 0 spiro atoms. The lowest BCUT2D eigenvalue weighted by atomic mass is 10.2. The van der Waals surface area contributed by atoms with Crippen LogP contribution < -0.4 is 18.1 Å². The first-order chi connectivity index (χ1) is 8.83. The lowest BCUT2D eigenvalue weighted by Gasteiger charge is -2.05. The topological polar surface area (TPSA) is 63.2 Å². The van der Waals surface area contributed by atoms with Crippen molar-refractivity contribution in [3.05, 3.63) is 35.9 Å². The standard InChI is InChI=1S/C14H21NO3.ClH/c15-9-5-2-6-10-18-14(16)12-17-11-13-7-3-1-4-8-13;/h1,3-4,7-8H,2,5-6,9-12,15H2;1H. The Morgan fingerprint density at radius 1 is 1.11 bits per heavy atom. The van der Waals surface area contributed by atoms with E-state index in [1.165, 1.54) is 0 Å². The predicted octanol–water partition coefficient (Wildman–Crippen LogP) is -1.84. The second-order valence-electron chi connectivity index (χ2n) is 4.11. The summed E-state index contributed by atoms with van der Waals surface area (Å²) in [6.07, 6.45) is 3.05. The number of benzene rings is 1. The van der Waals surface area contributed by atoms with Crippen molar-refractivity contribution in [3.63, 3.8) is 0 Å². The molecule has 0 saturated carbocycles. The van der Waals surface area contributed by atoms with Gasteiger partial charge in [-0.2, -0.15) is 0 Å². The van der Waals surface area contributed by atoms with Crippen LogP contribution in [0.4, 0.5) is 0 Å². The van der Waals surface area contributed by atoms with Crippen molar-refractivity contribution in [3.8, 4) is 0 Å². The summed E-state index contributed by atoms with van der Waals surface area (Å²) in [6, 6.07) is 9.76. The van der Waals surface area contributed by atoms with Crippen LogP contribution in [0.2, 0.25) is 0 Å². The smallest absolute Gasteiger partial charge is 0.332 e. The molecule has 1 rings (SSSR count). The van der Waals surface area contributed by atoms with E-state index in [0.717, 1.165) is 31.4 Å². The maximum Gasteiger partial charge on any atom is 0.332 e. The molecule has 0 heterocycles. The van der Waals surface area contributed by atoms with E-state index in [1.807, 2.05) is 30.3 Å². The number of quaternary nitrogens is 1. The summed E-state index contributed by atoms with van der Waals surface area (Å²) in [7, 11) is 0. The summed E-state index contributed by atoms with van der Waals surface area (Å²) >= 11 is 0. The second-order valence-corrected chi connectivity index (χ2v) is 4.11. The molecule has 0 aliphatic carbocycles. The summed E-state index contributed by atoms with van der Waals surface area (Å²) in [4.78, 5) is 11.3. The van der Waals surface area contributed by atoms with Gasteiger partial charge in [-0.1, -0.05) is 30.3 Å². The number of hydrogen-bond acceptors (Lipinski definition) is 3. The first-order valence-corrected chi connectivity index (χ1v) is 6.39. The van der Waals surface area contributed by atoms with Gasteiger partial charge in [-0.15, -0.1) is 0 Å². The van der Waals surface area contributed by atoms with Crippen molar-refractivity contribution in [2.75, 3.05) is 19.8 Å². The summed E-state index contributed by atoms with van der Waals surface area (Å²) in [5, 5.41) is 0. The summed E-state index contributed by atoms with van der Waals surface area (Å²) in [5.74, 6) is -0.291. The Kier molecular flexibility index (Phi) is 11.3. The number of carbonyl (C=O) groups is 1. The van der Waals surface area contributed by atoms with E-state index in [4.69, 9.17) is 9.47 Å². The molecule has 0 saturated heterocycles. The molecule has 19 heavy (non-hydrogen) atoms. The highest BCUT2D eigenvalue weighted by Crippen LogP contribution is 2.00. The molecule has 0 fully saturated rings. The fourth-order valence-corrected chi connectivity index (χ4v) is 1.51. The van der Waals surface area contributed by atoms with Crippen molar-refractivity contribution in [2.45, 2.75) is 25.9 Å². The van der Waals surface area contributed by atoms with Gasteiger partial charge >= 0.3 is 5.97 Å². The predicted molar refractivity (Wildman–Crippen MR) is 68.7 cm³/mol. The molecule has 0 amide bonds. The molecule has 108 valence electrons. The van der Waals surface area contributed by atoms with E-state index < -0.39 is 0 Å². The van der Waals surface area contributed by atoms with Gasteiger partial charge < -0.3 is 27.6 Å². The quantitative estimate of drug-likeness (QED) is 0.429.